The van der Waals surface area contributed by atoms with Gasteiger partial charge in [-0.2, -0.15) is 0 Å². The van der Waals surface area contributed by atoms with Crippen molar-refractivity contribution in [3.63, 3.8) is 0 Å². The summed E-state index contributed by atoms with van der Waals surface area (Å²) >= 11 is 3.45. The average molecular weight is 297 g/mol. The number of benzene rings is 1. The molecule has 1 atom stereocenters. The number of likely N-dealkylation sites (tertiary alicyclic amines) is 1. The summed E-state index contributed by atoms with van der Waals surface area (Å²) in [5, 5.41) is 0. The maximum absolute atomic E-state index is 12.3. The van der Waals surface area contributed by atoms with Crippen molar-refractivity contribution in [2.24, 2.45) is 5.73 Å². The van der Waals surface area contributed by atoms with E-state index in [0.717, 1.165) is 35.0 Å². The third kappa shape index (κ3) is 2.87. The van der Waals surface area contributed by atoms with E-state index in [1.165, 1.54) is 0 Å². The van der Waals surface area contributed by atoms with Crippen LogP contribution in [0.15, 0.2) is 22.7 Å². The molecular formula is C13H17BrN2O. The first-order valence-corrected chi connectivity index (χ1v) is 6.68. The van der Waals surface area contributed by atoms with Crippen LogP contribution in [-0.2, 0) is 0 Å². The molecule has 3 nitrogen and oxygen atoms in total. The van der Waals surface area contributed by atoms with E-state index in [-0.39, 0.29) is 11.9 Å². The maximum Gasteiger partial charge on any atom is 0.255 e. The number of aryl methyl sites for hydroxylation is 1. The largest absolute Gasteiger partial charge is 0.337 e. The van der Waals surface area contributed by atoms with E-state index in [2.05, 4.69) is 15.9 Å². The molecular weight excluding hydrogens is 280 g/mol. The zero-order valence-electron chi connectivity index (χ0n) is 9.95. The molecule has 92 valence electrons. The van der Waals surface area contributed by atoms with Crippen LogP contribution in [0.2, 0.25) is 0 Å². The zero-order chi connectivity index (χ0) is 12.4. The summed E-state index contributed by atoms with van der Waals surface area (Å²) in [5.74, 6) is 0.0759. The second-order valence-electron chi connectivity index (χ2n) is 4.64. The van der Waals surface area contributed by atoms with Crippen LogP contribution in [0.5, 0.6) is 0 Å². The Balaban J connectivity index is 2.18. The van der Waals surface area contributed by atoms with Crippen LogP contribution < -0.4 is 5.73 Å². The monoisotopic (exact) mass is 296 g/mol. The fraction of sp³-hybridized carbons (Fsp3) is 0.462. The summed E-state index contributed by atoms with van der Waals surface area (Å²) < 4.78 is 0.863. The second kappa shape index (κ2) is 5.19. The predicted octanol–water partition coefficient (Wildman–Crippen LogP) is 2.32. The molecule has 0 radical (unpaired) electrons. The first-order chi connectivity index (χ1) is 8.08. The number of hydrogen-bond donors (Lipinski definition) is 1. The minimum absolute atomic E-state index is 0.0759. The van der Waals surface area contributed by atoms with Crippen molar-refractivity contribution in [1.29, 1.82) is 0 Å². The van der Waals surface area contributed by atoms with Gasteiger partial charge in [-0.1, -0.05) is 6.07 Å². The lowest BCUT2D eigenvalue weighted by molar-refractivity contribution is 0.0708. The third-order valence-corrected chi connectivity index (χ3v) is 3.76. The molecule has 1 aliphatic rings. The zero-order valence-corrected chi connectivity index (χ0v) is 11.5. The minimum Gasteiger partial charge on any atom is -0.337 e. The molecule has 1 saturated heterocycles. The molecule has 0 aliphatic carbocycles. The number of hydrogen-bond acceptors (Lipinski definition) is 2. The standard InChI is InChI=1S/C13H17BrN2O/c1-9-4-5-11(12(14)7-9)13(17)16-6-2-3-10(15)8-16/h4-5,7,10H,2-3,6,8,15H2,1H3/t10-/m1/s1. The molecule has 0 aromatic heterocycles. The normalized spacial score (nSPS) is 20.4. The molecule has 1 amide bonds. The molecule has 4 heteroatoms. The number of rotatable bonds is 1. The SMILES string of the molecule is Cc1ccc(C(=O)N2CCC[C@@H](N)C2)c(Br)c1. The van der Waals surface area contributed by atoms with Crippen LogP contribution >= 0.6 is 15.9 Å². The van der Waals surface area contributed by atoms with Crippen molar-refractivity contribution in [2.45, 2.75) is 25.8 Å². The molecule has 1 aromatic carbocycles. The van der Waals surface area contributed by atoms with Crippen molar-refractivity contribution < 1.29 is 4.79 Å². The van der Waals surface area contributed by atoms with E-state index in [0.29, 0.717) is 6.54 Å². The molecule has 2 N–H and O–H groups in total. The number of piperidine rings is 1. The Morgan fingerprint density at radius 3 is 2.94 bits per heavy atom. The van der Waals surface area contributed by atoms with Gasteiger partial charge in [-0.05, 0) is 53.4 Å². The van der Waals surface area contributed by atoms with Crippen molar-refractivity contribution in [1.82, 2.24) is 4.90 Å². The molecule has 17 heavy (non-hydrogen) atoms. The Labute approximate surface area is 110 Å². The van der Waals surface area contributed by atoms with Gasteiger partial charge < -0.3 is 10.6 Å². The Kier molecular flexibility index (Phi) is 3.84. The summed E-state index contributed by atoms with van der Waals surface area (Å²) in [4.78, 5) is 14.2. The molecule has 0 bridgehead atoms. The van der Waals surface area contributed by atoms with Crippen molar-refractivity contribution in [2.75, 3.05) is 13.1 Å². The molecule has 1 aliphatic heterocycles. The lowest BCUT2D eigenvalue weighted by Gasteiger charge is -2.31. The predicted molar refractivity (Wildman–Crippen MR) is 72.0 cm³/mol. The summed E-state index contributed by atoms with van der Waals surface area (Å²) in [7, 11) is 0. The van der Waals surface area contributed by atoms with Crippen LogP contribution in [0.3, 0.4) is 0 Å². The Morgan fingerprint density at radius 1 is 1.53 bits per heavy atom. The van der Waals surface area contributed by atoms with Crippen molar-refractivity contribution >= 4 is 21.8 Å². The van der Waals surface area contributed by atoms with E-state index in [1.54, 1.807) is 0 Å². The van der Waals surface area contributed by atoms with Crippen LogP contribution in [-0.4, -0.2) is 29.9 Å². The van der Waals surface area contributed by atoms with Gasteiger partial charge in [0.05, 0.1) is 5.56 Å². The topological polar surface area (TPSA) is 46.3 Å². The first-order valence-electron chi connectivity index (χ1n) is 5.89. The van der Waals surface area contributed by atoms with Crippen molar-refractivity contribution in [3.05, 3.63) is 33.8 Å². The number of amides is 1. The highest BCUT2D eigenvalue weighted by molar-refractivity contribution is 9.10. The van der Waals surface area contributed by atoms with Crippen LogP contribution in [0.4, 0.5) is 0 Å². The van der Waals surface area contributed by atoms with E-state index in [1.807, 2.05) is 30.0 Å². The number of nitrogens with zero attached hydrogens (tertiary/aromatic N) is 1. The molecule has 2 rings (SSSR count). The van der Waals surface area contributed by atoms with Crippen LogP contribution in [0.25, 0.3) is 0 Å². The smallest absolute Gasteiger partial charge is 0.255 e. The summed E-state index contributed by atoms with van der Waals surface area (Å²) in [6.45, 7) is 3.49. The van der Waals surface area contributed by atoms with Gasteiger partial charge in [-0.3, -0.25) is 4.79 Å². The lowest BCUT2D eigenvalue weighted by atomic mass is 10.0. The summed E-state index contributed by atoms with van der Waals surface area (Å²) in [6, 6.07) is 5.93. The molecule has 0 unspecified atom stereocenters. The van der Waals surface area contributed by atoms with Gasteiger partial charge in [0.2, 0.25) is 0 Å². The van der Waals surface area contributed by atoms with Gasteiger partial charge in [0.15, 0.2) is 0 Å². The molecule has 1 aromatic rings. The minimum atomic E-state index is 0.0759. The van der Waals surface area contributed by atoms with Gasteiger partial charge in [0.1, 0.15) is 0 Å². The maximum atomic E-state index is 12.3. The quantitative estimate of drug-likeness (QED) is 0.864. The molecule has 0 spiro atoms. The van der Waals surface area contributed by atoms with Gasteiger partial charge in [0.25, 0.3) is 5.91 Å². The Morgan fingerprint density at radius 2 is 2.29 bits per heavy atom. The molecule has 0 saturated carbocycles. The van der Waals surface area contributed by atoms with E-state index in [9.17, 15) is 4.79 Å². The van der Waals surface area contributed by atoms with Gasteiger partial charge in [-0.25, -0.2) is 0 Å². The third-order valence-electron chi connectivity index (χ3n) is 3.10. The Hall–Kier alpha value is -0.870. The highest BCUT2D eigenvalue weighted by Crippen LogP contribution is 2.21. The van der Waals surface area contributed by atoms with Crippen LogP contribution in [0.1, 0.15) is 28.8 Å². The first kappa shape index (κ1) is 12.6. The van der Waals surface area contributed by atoms with Gasteiger partial charge in [0, 0.05) is 23.6 Å². The number of halogens is 1. The van der Waals surface area contributed by atoms with Crippen molar-refractivity contribution in [3.8, 4) is 0 Å². The summed E-state index contributed by atoms with van der Waals surface area (Å²) in [6.07, 6.45) is 2.01. The summed E-state index contributed by atoms with van der Waals surface area (Å²) in [5.41, 5.74) is 7.77. The average Bonchev–Trinajstić information content (AvgIpc) is 2.28. The molecule has 1 heterocycles. The highest BCUT2D eigenvalue weighted by atomic mass is 79.9. The van der Waals surface area contributed by atoms with E-state index in [4.69, 9.17) is 5.73 Å². The number of nitrogens with two attached hydrogens (primary N) is 1. The van der Waals surface area contributed by atoms with Gasteiger partial charge in [-0.15, -0.1) is 0 Å². The second-order valence-corrected chi connectivity index (χ2v) is 5.49. The molecule has 1 fully saturated rings. The van der Waals surface area contributed by atoms with E-state index >= 15 is 0 Å². The lowest BCUT2D eigenvalue weighted by Crippen LogP contribution is -2.45. The highest BCUT2D eigenvalue weighted by Gasteiger charge is 2.23. The van der Waals surface area contributed by atoms with Crippen LogP contribution in [0, 0.1) is 6.92 Å². The van der Waals surface area contributed by atoms with Gasteiger partial charge >= 0.3 is 0 Å². The number of carbonyl (C=O) groups excluding carboxylic acids is 1. The number of carbonyl (C=O) groups is 1. The fourth-order valence-corrected chi connectivity index (χ4v) is 2.82. The fourth-order valence-electron chi connectivity index (χ4n) is 2.16. The Bertz CT molecular complexity index is 433. The van der Waals surface area contributed by atoms with E-state index < -0.39 is 0 Å².